The summed E-state index contributed by atoms with van der Waals surface area (Å²) in [5, 5.41) is 10.6. The van der Waals surface area contributed by atoms with Crippen molar-refractivity contribution in [2.45, 2.75) is 71.3 Å². The van der Waals surface area contributed by atoms with Crippen molar-refractivity contribution in [1.29, 1.82) is 0 Å². The fourth-order valence-corrected chi connectivity index (χ4v) is 2.34. The molecule has 0 aliphatic carbocycles. The van der Waals surface area contributed by atoms with Crippen LogP contribution in [0.1, 0.15) is 70.7 Å². The van der Waals surface area contributed by atoms with E-state index in [4.69, 9.17) is 5.73 Å². The number of hydrogen-bond acceptors (Lipinski definition) is 2. The standard InChI is InChI=1S/C17H27F2NO/c1-16(2,3)11-7-10(13(20)9-14(18)19)8-12(15(11)21)17(4,5)6/h7-8,13-14,21H,9,20H2,1-6H3/t13-/m1/s1. The second kappa shape index (κ2) is 5.91. The van der Waals surface area contributed by atoms with E-state index in [1.165, 1.54) is 0 Å². The van der Waals surface area contributed by atoms with E-state index >= 15 is 0 Å². The van der Waals surface area contributed by atoms with Crippen LogP contribution in [0.2, 0.25) is 0 Å². The maximum Gasteiger partial charge on any atom is 0.240 e. The van der Waals surface area contributed by atoms with Crippen molar-refractivity contribution in [2.75, 3.05) is 0 Å². The average Bonchev–Trinajstić information content (AvgIpc) is 2.24. The Morgan fingerprint density at radius 2 is 1.38 bits per heavy atom. The van der Waals surface area contributed by atoms with E-state index < -0.39 is 12.5 Å². The van der Waals surface area contributed by atoms with Crippen LogP contribution in [0.5, 0.6) is 5.75 Å². The fourth-order valence-electron chi connectivity index (χ4n) is 2.34. The molecule has 0 unspecified atom stereocenters. The van der Waals surface area contributed by atoms with Gasteiger partial charge >= 0.3 is 0 Å². The molecule has 0 heterocycles. The molecule has 3 N–H and O–H groups in total. The molecule has 1 rings (SSSR count). The van der Waals surface area contributed by atoms with Gasteiger partial charge in [-0.1, -0.05) is 41.5 Å². The zero-order valence-electron chi connectivity index (χ0n) is 13.8. The smallest absolute Gasteiger partial charge is 0.240 e. The number of halogens is 2. The van der Waals surface area contributed by atoms with Gasteiger partial charge in [-0.25, -0.2) is 8.78 Å². The van der Waals surface area contributed by atoms with Gasteiger partial charge in [-0.15, -0.1) is 0 Å². The molecule has 0 spiro atoms. The van der Waals surface area contributed by atoms with Gasteiger partial charge in [-0.2, -0.15) is 0 Å². The molecule has 21 heavy (non-hydrogen) atoms. The summed E-state index contributed by atoms with van der Waals surface area (Å²) in [6, 6.07) is 2.79. The van der Waals surface area contributed by atoms with Crippen LogP contribution in [0.3, 0.4) is 0 Å². The average molecular weight is 299 g/mol. The van der Waals surface area contributed by atoms with Crippen LogP contribution in [0.25, 0.3) is 0 Å². The number of benzene rings is 1. The first-order valence-corrected chi connectivity index (χ1v) is 7.25. The van der Waals surface area contributed by atoms with Crippen molar-refractivity contribution in [3.8, 4) is 5.75 Å². The lowest BCUT2D eigenvalue weighted by Crippen LogP contribution is -2.21. The Morgan fingerprint density at radius 1 is 1.00 bits per heavy atom. The molecule has 0 bridgehead atoms. The topological polar surface area (TPSA) is 46.2 Å². The zero-order chi connectivity index (χ0) is 16.6. The first-order chi connectivity index (χ1) is 9.34. The summed E-state index contributed by atoms with van der Waals surface area (Å²) in [7, 11) is 0. The molecular formula is C17H27F2NO. The second-order valence-electron chi connectivity index (χ2n) is 7.70. The molecular weight excluding hydrogens is 272 g/mol. The molecule has 0 saturated carbocycles. The Bertz CT molecular complexity index is 463. The van der Waals surface area contributed by atoms with E-state index in [2.05, 4.69) is 0 Å². The monoisotopic (exact) mass is 299 g/mol. The molecule has 0 aliphatic rings. The van der Waals surface area contributed by atoms with Crippen molar-refractivity contribution in [3.63, 3.8) is 0 Å². The molecule has 0 aromatic heterocycles. The van der Waals surface area contributed by atoms with Crippen LogP contribution in [-0.2, 0) is 10.8 Å². The Hall–Kier alpha value is -1.16. The van der Waals surface area contributed by atoms with Crippen LogP contribution in [-0.4, -0.2) is 11.5 Å². The number of phenolic OH excluding ortho intramolecular Hbond substituents is 1. The predicted octanol–water partition coefficient (Wildman–Crippen LogP) is 4.64. The lowest BCUT2D eigenvalue weighted by Gasteiger charge is -2.29. The van der Waals surface area contributed by atoms with Gasteiger partial charge in [-0.05, 0) is 39.7 Å². The van der Waals surface area contributed by atoms with Gasteiger partial charge in [0.2, 0.25) is 6.43 Å². The van der Waals surface area contributed by atoms with E-state index in [1.54, 1.807) is 12.1 Å². The third-order valence-electron chi connectivity index (χ3n) is 3.61. The minimum absolute atomic E-state index is 0.239. The lowest BCUT2D eigenvalue weighted by atomic mass is 9.77. The van der Waals surface area contributed by atoms with Crippen LogP contribution >= 0.6 is 0 Å². The van der Waals surface area contributed by atoms with E-state index in [0.29, 0.717) is 5.56 Å². The van der Waals surface area contributed by atoms with Gasteiger partial charge in [0.15, 0.2) is 0 Å². The number of alkyl halides is 2. The Labute approximate surface area is 126 Å². The quantitative estimate of drug-likeness (QED) is 0.854. The highest BCUT2D eigenvalue weighted by Gasteiger charge is 2.28. The molecule has 0 fully saturated rings. The molecule has 4 heteroatoms. The highest BCUT2D eigenvalue weighted by atomic mass is 19.3. The molecule has 120 valence electrons. The number of rotatable bonds is 3. The van der Waals surface area contributed by atoms with E-state index in [-0.39, 0.29) is 23.0 Å². The largest absolute Gasteiger partial charge is 0.507 e. The molecule has 0 saturated heterocycles. The first kappa shape index (κ1) is 17.9. The number of phenols is 1. The van der Waals surface area contributed by atoms with E-state index in [0.717, 1.165) is 11.1 Å². The van der Waals surface area contributed by atoms with Crippen LogP contribution in [0, 0.1) is 0 Å². The highest BCUT2D eigenvalue weighted by Crippen LogP contribution is 2.41. The molecule has 1 aromatic rings. The summed E-state index contributed by atoms with van der Waals surface area (Å²) < 4.78 is 25.2. The lowest BCUT2D eigenvalue weighted by molar-refractivity contribution is 0.128. The van der Waals surface area contributed by atoms with Crippen LogP contribution in [0.4, 0.5) is 8.78 Å². The Morgan fingerprint density at radius 3 is 1.67 bits per heavy atom. The third-order valence-corrected chi connectivity index (χ3v) is 3.61. The summed E-state index contributed by atoms with van der Waals surface area (Å²) >= 11 is 0. The fraction of sp³-hybridized carbons (Fsp3) is 0.647. The number of aromatic hydroxyl groups is 1. The summed E-state index contributed by atoms with van der Waals surface area (Å²) in [6.07, 6.45) is -2.82. The normalized spacial score (nSPS) is 14.6. The highest BCUT2D eigenvalue weighted by molar-refractivity contribution is 5.50. The minimum atomic E-state index is -2.44. The second-order valence-corrected chi connectivity index (χ2v) is 7.70. The number of hydrogen-bond donors (Lipinski definition) is 2. The van der Waals surface area contributed by atoms with Crippen molar-refractivity contribution in [3.05, 3.63) is 28.8 Å². The molecule has 1 atom stereocenters. The number of nitrogens with two attached hydrogens (primary N) is 1. The summed E-state index contributed by atoms with van der Waals surface area (Å²) in [6.45, 7) is 11.9. The van der Waals surface area contributed by atoms with E-state index in [1.807, 2.05) is 41.5 Å². The van der Waals surface area contributed by atoms with Gasteiger partial charge in [0.1, 0.15) is 5.75 Å². The van der Waals surface area contributed by atoms with Gasteiger partial charge in [0, 0.05) is 12.5 Å². The maximum atomic E-state index is 12.6. The molecule has 0 radical (unpaired) electrons. The van der Waals surface area contributed by atoms with Crippen LogP contribution < -0.4 is 5.73 Å². The summed E-state index contributed by atoms with van der Waals surface area (Å²) in [4.78, 5) is 0. The van der Waals surface area contributed by atoms with Crippen LogP contribution in [0.15, 0.2) is 12.1 Å². The minimum Gasteiger partial charge on any atom is -0.507 e. The summed E-state index contributed by atoms with van der Waals surface area (Å²) in [5.41, 5.74) is 7.48. The molecule has 0 aliphatic heterocycles. The zero-order valence-corrected chi connectivity index (χ0v) is 13.8. The molecule has 1 aromatic carbocycles. The van der Waals surface area contributed by atoms with Crippen molar-refractivity contribution >= 4 is 0 Å². The third kappa shape index (κ3) is 4.40. The predicted molar refractivity (Wildman–Crippen MR) is 83.1 cm³/mol. The van der Waals surface area contributed by atoms with E-state index in [9.17, 15) is 13.9 Å². The first-order valence-electron chi connectivity index (χ1n) is 7.25. The Balaban J connectivity index is 3.48. The van der Waals surface area contributed by atoms with Gasteiger partial charge < -0.3 is 10.8 Å². The SMILES string of the molecule is CC(C)(C)c1cc([C@H](N)CC(F)F)cc(C(C)(C)C)c1O. The van der Waals surface area contributed by atoms with Crippen molar-refractivity contribution in [2.24, 2.45) is 5.73 Å². The molecule has 0 amide bonds. The van der Waals surface area contributed by atoms with Gasteiger partial charge in [0.25, 0.3) is 0 Å². The maximum absolute atomic E-state index is 12.6. The Kier molecular flexibility index (Phi) is 5.04. The van der Waals surface area contributed by atoms with Crippen molar-refractivity contribution < 1.29 is 13.9 Å². The van der Waals surface area contributed by atoms with Crippen molar-refractivity contribution in [1.82, 2.24) is 0 Å². The van der Waals surface area contributed by atoms with Gasteiger partial charge in [0.05, 0.1) is 0 Å². The molecule has 2 nitrogen and oxygen atoms in total. The summed E-state index contributed by atoms with van der Waals surface area (Å²) in [5.74, 6) is 0.239. The van der Waals surface area contributed by atoms with Gasteiger partial charge in [-0.3, -0.25) is 0 Å².